The van der Waals surface area contributed by atoms with E-state index in [1.165, 1.54) is 6.08 Å². The standard InChI is InChI=1S/C10H7Cl2NO/c1-5(11)7-2-6-3-10(14)13-9(6)4-8(7)12/h2-5H,1H3. The lowest BCUT2D eigenvalue weighted by atomic mass is 10.1. The van der Waals surface area contributed by atoms with E-state index < -0.39 is 0 Å². The SMILES string of the molecule is CC(Cl)c1cc2c(cc1Cl)=NC(=O)C=2. The van der Waals surface area contributed by atoms with Gasteiger partial charge < -0.3 is 0 Å². The molecule has 0 fully saturated rings. The normalized spacial score (nSPS) is 15.8. The van der Waals surface area contributed by atoms with Crippen LogP contribution in [0.4, 0.5) is 0 Å². The largest absolute Gasteiger partial charge is 0.270 e. The van der Waals surface area contributed by atoms with Gasteiger partial charge in [-0.2, -0.15) is 0 Å². The average Bonchev–Trinajstić information content (AvgIpc) is 2.42. The number of hydrogen-bond acceptors (Lipinski definition) is 1. The van der Waals surface area contributed by atoms with Crippen molar-refractivity contribution in [3.63, 3.8) is 0 Å². The molecule has 0 aromatic heterocycles. The highest BCUT2D eigenvalue weighted by Crippen LogP contribution is 2.24. The van der Waals surface area contributed by atoms with Gasteiger partial charge in [-0.25, -0.2) is 4.99 Å². The number of fused-ring (bicyclic) bond motifs is 1. The maximum atomic E-state index is 11.0. The zero-order valence-electron chi connectivity index (χ0n) is 7.42. The summed E-state index contributed by atoms with van der Waals surface area (Å²) in [7, 11) is 0. The van der Waals surface area contributed by atoms with E-state index in [9.17, 15) is 4.79 Å². The third kappa shape index (κ3) is 1.56. The van der Waals surface area contributed by atoms with Crippen LogP contribution in [-0.4, -0.2) is 5.91 Å². The van der Waals surface area contributed by atoms with Gasteiger partial charge in [0.15, 0.2) is 0 Å². The molecule has 2 nitrogen and oxygen atoms in total. The molecule has 1 amide bonds. The van der Waals surface area contributed by atoms with Crippen molar-refractivity contribution in [1.82, 2.24) is 0 Å². The molecule has 1 unspecified atom stereocenters. The molecule has 1 aromatic carbocycles. The van der Waals surface area contributed by atoms with Crippen LogP contribution >= 0.6 is 23.2 Å². The second-order valence-electron chi connectivity index (χ2n) is 3.14. The molecule has 0 aliphatic carbocycles. The van der Waals surface area contributed by atoms with Gasteiger partial charge >= 0.3 is 0 Å². The molecule has 0 radical (unpaired) electrons. The fourth-order valence-electron chi connectivity index (χ4n) is 1.40. The van der Waals surface area contributed by atoms with Crippen LogP contribution in [0.2, 0.25) is 5.02 Å². The Labute approximate surface area is 90.9 Å². The molecule has 0 N–H and O–H groups in total. The van der Waals surface area contributed by atoms with Crippen molar-refractivity contribution < 1.29 is 4.79 Å². The summed E-state index contributed by atoms with van der Waals surface area (Å²) < 4.78 is 0. The van der Waals surface area contributed by atoms with Crippen molar-refractivity contribution in [2.24, 2.45) is 4.99 Å². The molecule has 72 valence electrons. The summed E-state index contributed by atoms with van der Waals surface area (Å²) in [5.74, 6) is -0.240. The van der Waals surface area contributed by atoms with Crippen molar-refractivity contribution in [3.8, 4) is 0 Å². The van der Waals surface area contributed by atoms with Crippen LogP contribution in [0.15, 0.2) is 17.1 Å². The van der Waals surface area contributed by atoms with Crippen LogP contribution in [0, 0.1) is 0 Å². The summed E-state index contributed by atoms with van der Waals surface area (Å²) in [5, 5.41) is 1.80. The summed E-state index contributed by atoms with van der Waals surface area (Å²) in [6, 6.07) is 3.48. The molecule has 0 saturated carbocycles. The summed E-state index contributed by atoms with van der Waals surface area (Å²) in [6.07, 6.45) is 1.48. The Balaban J connectivity index is 2.74. The minimum Gasteiger partial charge on any atom is -0.267 e. The molecule has 2 rings (SSSR count). The van der Waals surface area contributed by atoms with E-state index in [-0.39, 0.29) is 11.3 Å². The van der Waals surface area contributed by atoms with Crippen molar-refractivity contribution >= 4 is 35.2 Å². The molecule has 0 saturated heterocycles. The third-order valence-corrected chi connectivity index (χ3v) is 2.65. The van der Waals surface area contributed by atoms with Crippen LogP contribution in [-0.2, 0) is 4.79 Å². The van der Waals surface area contributed by atoms with Gasteiger partial charge in [-0.05, 0) is 24.6 Å². The second kappa shape index (κ2) is 3.37. The van der Waals surface area contributed by atoms with Gasteiger partial charge in [0, 0.05) is 16.3 Å². The smallest absolute Gasteiger partial charge is 0.267 e. The first-order valence-corrected chi connectivity index (χ1v) is 4.97. The highest BCUT2D eigenvalue weighted by molar-refractivity contribution is 6.32. The van der Waals surface area contributed by atoms with Gasteiger partial charge in [-0.15, -0.1) is 11.6 Å². The van der Waals surface area contributed by atoms with Crippen molar-refractivity contribution in [2.75, 3.05) is 0 Å². The minimum atomic E-state index is -0.240. The minimum absolute atomic E-state index is 0.170. The van der Waals surface area contributed by atoms with Crippen LogP contribution in [0.5, 0.6) is 0 Å². The molecular formula is C10H7Cl2NO. The molecule has 1 aromatic rings. The van der Waals surface area contributed by atoms with E-state index in [2.05, 4.69) is 4.99 Å². The van der Waals surface area contributed by atoms with Crippen LogP contribution in [0.3, 0.4) is 0 Å². The molecular weight excluding hydrogens is 221 g/mol. The Hall–Kier alpha value is -0.860. The summed E-state index contributed by atoms with van der Waals surface area (Å²) >= 11 is 11.9. The lowest BCUT2D eigenvalue weighted by Crippen LogP contribution is -2.22. The fraction of sp³-hybridized carbons (Fsp3) is 0.200. The topological polar surface area (TPSA) is 29.4 Å². The van der Waals surface area contributed by atoms with Crippen molar-refractivity contribution in [3.05, 3.63) is 33.3 Å². The number of rotatable bonds is 1. The Morgan fingerprint density at radius 3 is 2.79 bits per heavy atom. The van der Waals surface area contributed by atoms with E-state index >= 15 is 0 Å². The number of nitrogens with zero attached hydrogens (tertiary/aromatic N) is 1. The fourth-order valence-corrected chi connectivity index (χ4v) is 1.96. The van der Waals surface area contributed by atoms with E-state index in [0.29, 0.717) is 10.4 Å². The number of amides is 1. The van der Waals surface area contributed by atoms with Gasteiger partial charge in [-0.3, -0.25) is 4.79 Å². The number of alkyl halides is 1. The lowest BCUT2D eigenvalue weighted by Gasteiger charge is -2.04. The molecule has 0 bridgehead atoms. The monoisotopic (exact) mass is 227 g/mol. The highest BCUT2D eigenvalue weighted by atomic mass is 35.5. The zero-order valence-corrected chi connectivity index (χ0v) is 8.93. The van der Waals surface area contributed by atoms with E-state index in [4.69, 9.17) is 23.2 Å². The quantitative estimate of drug-likeness (QED) is 0.671. The summed E-state index contributed by atoms with van der Waals surface area (Å²) in [6.45, 7) is 1.84. The maximum Gasteiger partial charge on any atom is 0.270 e. The van der Waals surface area contributed by atoms with Crippen LogP contribution in [0.1, 0.15) is 17.9 Å². The lowest BCUT2D eigenvalue weighted by molar-refractivity contribution is -0.112. The first-order valence-electron chi connectivity index (χ1n) is 4.16. The molecule has 1 heterocycles. The van der Waals surface area contributed by atoms with E-state index in [1.807, 2.05) is 13.0 Å². The van der Waals surface area contributed by atoms with Crippen LogP contribution < -0.4 is 10.6 Å². The zero-order chi connectivity index (χ0) is 10.3. The summed E-state index contributed by atoms with van der Waals surface area (Å²) in [5.41, 5.74) is 0.827. The second-order valence-corrected chi connectivity index (χ2v) is 4.20. The number of carbonyl (C=O) groups excluding carboxylic acids is 1. The first-order chi connectivity index (χ1) is 6.58. The van der Waals surface area contributed by atoms with Gasteiger partial charge in [0.05, 0.1) is 10.7 Å². The van der Waals surface area contributed by atoms with E-state index in [0.717, 1.165) is 10.8 Å². The predicted molar refractivity (Wildman–Crippen MR) is 56.0 cm³/mol. The van der Waals surface area contributed by atoms with Gasteiger partial charge in [0.1, 0.15) is 0 Å². The molecule has 1 aliphatic heterocycles. The highest BCUT2D eigenvalue weighted by Gasteiger charge is 2.10. The van der Waals surface area contributed by atoms with Crippen molar-refractivity contribution in [2.45, 2.75) is 12.3 Å². The molecule has 1 atom stereocenters. The van der Waals surface area contributed by atoms with Gasteiger partial charge in [0.2, 0.25) is 0 Å². The third-order valence-electron chi connectivity index (χ3n) is 2.08. The molecule has 14 heavy (non-hydrogen) atoms. The Morgan fingerprint density at radius 1 is 1.43 bits per heavy atom. The maximum absolute atomic E-state index is 11.0. The van der Waals surface area contributed by atoms with Gasteiger partial charge in [0.25, 0.3) is 5.91 Å². The predicted octanol–water partition coefficient (Wildman–Crippen LogP) is 1.58. The summed E-state index contributed by atoms with van der Waals surface area (Å²) in [4.78, 5) is 14.8. The number of benzene rings is 1. The number of hydrogen-bond donors (Lipinski definition) is 0. The Kier molecular flexibility index (Phi) is 2.33. The molecule has 0 spiro atoms. The van der Waals surface area contributed by atoms with Crippen molar-refractivity contribution in [1.29, 1.82) is 0 Å². The van der Waals surface area contributed by atoms with Crippen LogP contribution in [0.25, 0.3) is 6.08 Å². The Morgan fingerprint density at radius 2 is 2.14 bits per heavy atom. The number of carbonyl (C=O) groups is 1. The average molecular weight is 228 g/mol. The first kappa shape index (κ1) is 9.69. The van der Waals surface area contributed by atoms with Gasteiger partial charge in [-0.1, -0.05) is 11.6 Å². The Bertz CT molecular complexity index is 520. The molecule has 1 aliphatic rings. The number of halogens is 2. The molecule has 4 heteroatoms. The van der Waals surface area contributed by atoms with E-state index in [1.54, 1.807) is 6.07 Å².